The van der Waals surface area contributed by atoms with E-state index in [1.165, 1.54) is 0 Å². The number of nitrogens with one attached hydrogen (secondary N) is 1. The van der Waals surface area contributed by atoms with Crippen LogP contribution in [-0.4, -0.2) is 28.8 Å². The van der Waals surface area contributed by atoms with E-state index in [2.05, 4.69) is 5.32 Å². The number of hydrogen-bond donors (Lipinski definition) is 3. The molecule has 1 atom stereocenters. The van der Waals surface area contributed by atoms with E-state index < -0.39 is 17.8 Å². The minimum atomic E-state index is -0.585. The largest absolute Gasteiger partial charge is 0.507 e. The Hall–Kier alpha value is -1.62. The first kappa shape index (κ1) is 12.4. The smallest absolute Gasteiger partial charge is 0.255 e. The number of aromatic hydroxyl groups is 1. The molecular weight excluding hydrogens is 213 g/mol. The molecule has 1 amide bonds. The summed E-state index contributed by atoms with van der Waals surface area (Å²) in [5.74, 6) is -1.41. The van der Waals surface area contributed by atoms with Gasteiger partial charge in [-0.05, 0) is 31.5 Å². The molecule has 88 valence electrons. The van der Waals surface area contributed by atoms with Crippen LogP contribution in [0.1, 0.15) is 23.7 Å². The van der Waals surface area contributed by atoms with Gasteiger partial charge in [0.1, 0.15) is 11.6 Å². The zero-order valence-electron chi connectivity index (χ0n) is 8.90. The third-order valence-corrected chi connectivity index (χ3v) is 2.05. The van der Waals surface area contributed by atoms with Crippen LogP contribution in [0.15, 0.2) is 18.2 Å². The fraction of sp³-hybridized carbons (Fsp3) is 0.364. The van der Waals surface area contributed by atoms with Crippen molar-refractivity contribution in [2.45, 2.75) is 19.4 Å². The molecule has 0 heterocycles. The summed E-state index contributed by atoms with van der Waals surface area (Å²) in [4.78, 5) is 11.5. The first-order chi connectivity index (χ1) is 7.50. The lowest BCUT2D eigenvalue weighted by molar-refractivity contribution is 0.0942. The number of phenolic OH excluding ortho intramolecular Hbond substituents is 1. The summed E-state index contributed by atoms with van der Waals surface area (Å²) in [6.07, 6.45) is -0.108. The molecule has 0 radical (unpaired) electrons. The number of halogens is 1. The van der Waals surface area contributed by atoms with Gasteiger partial charge >= 0.3 is 0 Å². The lowest BCUT2D eigenvalue weighted by Crippen LogP contribution is -2.26. The summed E-state index contributed by atoms with van der Waals surface area (Å²) in [6, 6.07) is 3.16. The average molecular weight is 227 g/mol. The molecule has 4 nitrogen and oxygen atoms in total. The summed E-state index contributed by atoms with van der Waals surface area (Å²) in [6.45, 7) is 1.87. The molecule has 0 aliphatic carbocycles. The van der Waals surface area contributed by atoms with Gasteiger partial charge in [0.15, 0.2) is 0 Å². The third kappa shape index (κ3) is 3.51. The Balaban J connectivity index is 2.62. The number of phenols is 1. The van der Waals surface area contributed by atoms with Gasteiger partial charge < -0.3 is 15.5 Å². The van der Waals surface area contributed by atoms with Crippen molar-refractivity contribution in [2.24, 2.45) is 0 Å². The maximum atomic E-state index is 12.8. The average Bonchev–Trinajstić information content (AvgIpc) is 2.21. The highest BCUT2D eigenvalue weighted by Gasteiger charge is 2.11. The SMILES string of the molecule is CC(O)CCNC(=O)c1cc(F)ccc1O. The van der Waals surface area contributed by atoms with Crippen LogP contribution in [-0.2, 0) is 0 Å². The van der Waals surface area contributed by atoms with Crippen LogP contribution in [0, 0.1) is 5.82 Å². The first-order valence-corrected chi connectivity index (χ1v) is 4.95. The number of aliphatic hydroxyl groups is 1. The van der Waals surface area contributed by atoms with Crippen molar-refractivity contribution in [1.82, 2.24) is 5.32 Å². The van der Waals surface area contributed by atoms with Crippen molar-refractivity contribution < 1.29 is 19.4 Å². The maximum Gasteiger partial charge on any atom is 0.255 e. The Morgan fingerprint density at radius 3 is 2.88 bits per heavy atom. The Kier molecular flexibility index (Phi) is 4.25. The molecule has 16 heavy (non-hydrogen) atoms. The molecule has 3 N–H and O–H groups in total. The fourth-order valence-electron chi connectivity index (χ4n) is 1.18. The molecule has 0 spiro atoms. The second-order valence-electron chi connectivity index (χ2n) is 3.56. The predicted octanol–water partition coefficient (Wildman–Crippen LogP) is 1.03. The molecule has 1 rings (SSSR count). The van der Waals surface area contributed by atoms with E-state index in [0.717, 1.165) is 18.2 Å². The molecule has 1 aromatic rings. The quantitative estimate of drug-likeness (QED) is 0.719. The van der Waals surface area contributed by atoms with Crippen molar-refractivity contribution in [3.05, 3.63) is 29.6 Å². The molecule has 0 aliphatic heterocycles. The fourth-order valence-corrected chi connectivity index (χ4v) is 1.18. The number of carbonyl (C=O) groups excluding carboxylic acids is 1. The highest BCUT2D eigenvalue weighted by Crippen LogP contribution is 2.17. The van der Waals surface area contributed by atoms with Crippen molar-refractivity contribution in [2.75, 3.05) is 6.54 Å². The van der Waals surface area contributed by atoms with E-state index >= 15 is 0 Å². The van der Waals surface area contributed by atoms with E-state index in [-0.39, 0.29) is 17.9 Å². The van der Waals surface area contributed by atoms with Crippen LogP contribution in [0.2, 0.25) is 0 Å². The molecule has 0 fully saturated rings. The minimum absolute atomic E-state index is 0.106. The molecule has 0 saturated carbocycles. The van der Waals surface area contributed by atoms with Gasteiger partial charge in [-0.25, -0.2) is 4.39 Å². The van der Waals surface area contributed by atoms with Crippen molar-refractivity contribution in [3.63, 3.8) is 0 Å². The Morgan fingerprint density at radius 2 is 2.25 bits per heavy atom. The van der Waals surface area contributed by atoms with Crippen LogP contribution in [0.4, 0.5) is 4.39 Å². The Labute approximate surface area is 92.7 Å². The van der Waals surface area contributed by atoms with Gasteiger partial charge in [-0.2, -0.15) is 0 Å². The van der Waals surface area contributed by atoms with Gasteiger partial charge in [-0.15, -0.1) is 0 Å². The predicted molar refractivity (Wildman–Crippen MR) is 56.7 cm³/mol. The summed E-state index contributed by atoms with van der Waals surface area (Å²) in [7, 11) is 0. The summed E-state index contributed by atoms with van der Waals surface area (Å²) < 4.78 is 12.8. The Morgan fingerprint density at radius 1 is 1.56 bits per heavy atom. The number of carbonyl (C=O) groups is 1. The van der Waals surface area contributed by atoms with Crippen LogP contribution < -0.4 is 5.32 Å². The molecular formula is C11H14FNO3. The van der Waals surface area contributed by atoms with E-state index in [1.807, 2.05) is 0 Å². The topological polar surface area (TPSA) is 69.6 Å². The molecule has 0 bridgehead atoms. The number of rotatable bonds is 4. The summed E-state index contributed by atoms with van der Waals surface area (Å²) in [5, 5.41) is 20.8. The van der Waals surface area contributed by atoms with Crippen LogP contribution in [0.3, 0.4) is 0 Å². The second kappa shape index (κ2) is 5.46. The summed E-state index contributed by atoms with van der Waals surface area (Å²) >= 11 is 0. The maximum absolute atomic E-state index is 12.8. The van der Waals surface area contributed by atoms with E-state index in [1.54, 1.807) is 6.92 Å². The monoisotopic (exact) mass is 227 g/mol. The molecule has 0 saturated heterocycles. The van der Waals surface area contributed by atoms with Crippen molar-refractivity contribution in [3.8, 4) is 5.75 Å². The van der Waals surface area contributed by atoms with Crippen LogP contribution >= 0.6 is 0 Å². The number of hydrogen-bond acceptors (Lipinski definition) is 3. The lowest BCUT2D eigenvalue weighted by atomic mass is 10.2. The van der Waals surface area contributed by atoms with E-state index in [4.69, 9.17) is 5.11 Å². The van der Waals surface area contributed by atoms with Gasteiger partial charge in [0, 0.05) is 6.54 Å². The van der Waals surface area contributed by atoms with Gasteiger partial charge in [-0.3, -0.25) is 4.79 Å². The van der Waals surface area contributed by atoms with Gasteiger partial charge in [0.25, 0.3) is 5.91 Å². The van der Waals surface area contributed by atoms with Gasteiger partial charge in [-0.1, -0.05) is 0 Å². The number of benzene rings is 1. The van der Waals surface area contributed by atoms with Gasteiger partial charge in [0.2, 0.25) is 0 Å². The Bertz CT molecular complexity index is 379. The molecule has 1 unspecified atom stereocenters. The molecule has 5 heteroatoms. The van der Waals surface area contributed by atoms with Crippen LogP contribution in [0.25, 0.3) is 0 Å². The molecule has 1 aromatic carbocycles. The highest BCUT2D eigenvalue weighted by atomic mass is 19.1. The van der Waals surface area contributed by atoms with E-state index in [9.17, 15) is 14.3 Å². The van der Waals surface area contributed by atoms with Gasteiger partial charge in [0.05, 0.1) is 11.7 Å². The normalized spacial score (nSPS) is 12.2. The second-order valence-corrected chi connectivity index (χ2v) is 3.56. The standard InChI is InChI=1S/C11H14FNO3/c1-7(14)4-5-13-11(16)9-6-8(12)2-3-10(9)15/h2-3,6-7,14-15H,4-5H2,1H3,(H,13,16). The zero-order chi connectivity index (χ0) is 12.1. The summed E-state index contributed by atoms with van der Waals surface area (Å²) in [5.41, 5.74) is -0.106. The first-order valence-electron chi connectivity index (χ1n) is 4.95. The number of amides is 1. The number of aliphatic hydroxyl groups excluding tert-OH is 1. The molecule has 0 aromatic heterocycles. The molecule has 0 aliphatic rings. The lowest BCUT2D eigenvalue weighted by Gasteiger charge is -2.07. The third-order valence-electron chi connectivity index (χ3n) is 2.05. The highest BCUT2D eigenvalue weighted by molar-refractivity contribution is 5.96. The van der Waals surface area contributed by atoms with Crippen molar-refractivity contribution in [1.29, 1.82) is 0 Å². The van der Waals surface area contributed by atoms with Crippen molar-refractivity contribution >= 4 is 5.91 Å². The zero-order valence-corrected chi connectivity index (χ0v) is 8.90. The minimum Gasteiger partial charge on any atom is -0.507 e. The van der Waals surface area contributed by atoms with Crippen LogP contribution in [0.5, 0.6) is 5.75 Å². The van der Waals surface area contributed by atoms with E-state index in [0.29, 0.717) is 6.42 Å².